The first-order valence-corrected chi connectivity index (χ1v) is 6.79. The van der Waals surface area contributed by atoms with Crippen LogP contribution in [0.4, 0.5) is 8.78 Å². The van der Waals surface area contributed by atoms with Gasteiger partial charge >= 0.3 is 6.61 Å². The quantitative estimate of drug-likeness (QED) is 0.735. The van der Waals surface area contributed by atoms with Crippen LogP contribution in [0.5, 0.6) is 5.75 Å². The van der Waals surface area contributed by atoms with E-state index in [-0.39, 0.29) is 5.75 Å². The van der Waals surface area contributed by atoms with Crippen molar-refractivity contribution in [3.8, 4) is 5.75 Å². The van der Waals surface area contributed by atoms with E-state index >= 15 is 0 Å². The minimum Gasteiger partial charge on any atom is -0.465 e. The van der Waals surface area contributed by atoms with E-state index in [1.165, 1.54) is 12.1 Å². The maximum absolute atomic E-state index is 12.1. The molecule has 0 saturated carbocycles. The smallest absolute Gasteiger partial charge is 0.387 e. The summed E-state index contributed by atoms with van der Waals surface area (Å²) in [5, 5.41) is 13.1. The summed E-state index contributed by atoms with van der Waals surface area (Å²) >= 11 is 0. The number of aliphatic hydroxyl groups is 1. The van der Waals surface area contributed by atoms with Crippen LogP contribution in [0, 0.1) is 0 Å². The lowest BCUT2D eigenvalue weighted by atomic mass is 10.1. The summed E-state index contributed by atoms with van der Waals surface area (Å²) in [6.07, 6.45) is 4.46. The van der Waals surface area contributed by atoms with Crippen molar-refractivity contribution in [1.29, 1.82) is 0 Å². The predicted molar refractivity (Wildman–Crippen MR) is 78.6 cm³/mol. The number of halogens is 2. The van der Waals surface area contributed by atoms with Gasteiger partial charge in [0, 0.05) is 13.1 Å². The van der Waals surface area contributed by atoms with Gasteiger partial charge in [-0.2, -0.15) is 8.78 Å². The van der Waals surface area contributed by atoms with E-state index < -0.39 is 12.7 Å². The molecule has 0 spiro atoms. The molecule has 0 amide bonds. The van der Waals surface area contributed by atoms with Gasteiger partial charge < -0.3 is 19.6 Å². The van der Waals surface area contributed by atoms with Gasteiger partial charge in [0.25, 0.3) is 0 Å². The van der Waals surface area contributed by atoms with Crippen LogP contribution >= 0.6 is 0 Å². The van der Waals surface area contributed by atoms with Crippen molar-refractivity contribution in [1.82, 2.24) is 5.32 Å². The van der Waals surface area contributed by atoms with E-state index in [2.05, 4.69) is 10.1 Å². The Bertz CT molecular complexity index is 585. The SMILES string of the molecule is OC(CNC/C=C/c1ccco1)c1cccc(OC(F)F)c1. The number of hydrogen-bond acceptors (Lipinski definition) is 4. The molecule has 118 valence electrons. The van der Waals surface area contributed by atoms with E-state index in [0.29, 0.717) is 18.7 Å². The number of furan rings is 1. The summed E-state index contributed by atoms with van der Waals surface area (Å²) in [5.74, 6) is 0.781. The lowest BCUT2D eigenvalue weighted by Gasteiger charge is -2.13. The van der Waals surface area contributed by atoms with Crippen molar-refractivity contribution >= 4 is 6.08 Å². The molecule has 2 N–H and O–H groups in total. The van der Waals surface area contributed by atoms with Gasteiger partial charge in [-0.25, -0.2) is 0 Å². The predicted octanol–water partition coefficient (Wildman–Crippen LogP) is 3.22. The molecule has 1 heterocycles. The van der Waals surface area contributed by atoms with E-state index in [1.54, 1.807) is 24.5 Å². The topological polar surface area (TPSA) is 54.6 Å². The highest BCUT2D eigenvalue weighted by Crippen LogP contribution is 2.20. The molecule has 1 unspecified atom stereocenters. The average Bonchev–Trinajstić information content (AvgIpc) is 2.99. The van der Waals surface area contributed by atoms with Crippen LogP contribution in [0.2, 0.25) is 0 Å². The molecule has 6 heteroatoms. The molecule has 0 aliphatic carbocycles. The van der Waals surface area contributed by atoms with Crippen molar-refractivity contribution in [2.45, 2.75) is 12.7 Å². The number of ether oxygens (including phenoxy) is 1. The fourth-order valence-electron chi connectivity index (χ4n) is 1.88. The first kappa shape index (κ1) is 16.2. The Kier molecular flexibility index (Phi) is 6.12. The molecule has 4 nitrogen and oxygen atoms in total. The van der Waals surface area contributed by atoms with Gasteiger partial charge in [0.05, 0.1) is 12.4 Å². The van der Waals surface area contributed by atoms with Crippen LogP contribution in [-0.2, 0) is 0 Å². The Balaban J connectivity index is 1.78. The maximum Gasteiger partial charge on any atom is 0.387 e. The monoisotopic (exact) mass is 309 g/mol. The second kappa shape index (κ2) is 8.31. The fourth-order valence-corrected chi connectivity index (χ4v) is 1.88. The Morgan fingerprint density at radius 1 is 1.27 bits per heavy atom. The number of nitrogens with one attached hydrogen (secondary N) is 1. The van der Waals surface area contributed by atoms with Gasteiger partial charge in [0.2, 0.25) is 0 Å². The fraction of sp³-hybridized carbons (Fsp3) is 0.250. The largest absolute Gasteiger partial charge is 0.465 e. The highest BCUT2D eigenvalue weighted by molar-refractivity contribution is 5.42. The van der Waals surface area contributed by atoms with Crippen molar-refractivity contribution in [3.05, 3.63) is 60.1 Å². The Labute approximate surface area is 127 Å². The van der Waals surface area contributed by atoms with Crippen LogP contribution in [0.1, 0.15) is 17.4 Å². The van der Waals surface area contributed by atoms with Gasteiger partial charge in [0.1, 0.15) is 11.5 Å². The molecule has 1 aromatic heterocycles. The second-order valence-corrected chi connectivity index (χ2v) is 4.54. The summed E-state index contributed by atoms with van der Waals surface area (Å²) in [6, 6.07) is 9.67. The molecule has 0 radical (unpaired) electrons. The maximum atomic E-state index is 12.1. The van der Waals surface area contributed by atoms with E-state index in [4.69, 9.17) is 4.42 Å². The summed E-state index contributed by atoms with van der Waals surface area (Å²) in [5.41, 5.74) is 0.515. The summed E-state index contributed by atoms with van der Waals surface area (Å²) in [7, 11) is 0. The molecule has 1 atom stereocenters. The molecule has 0 bridgehead atoms. The molecule has 22 heavy (non-hydrogen) atoms. The first-order chi connectivity index (χ1) is 10.6. The number of rotatable bonds is 8. The van der Waals surface area contributed by atoms with E-state index in [9.17, 15) is 13.9 Å². The molecule has 2 rings (SSSR count). The second-order valence-electron chi connectivity index (χ2n) is 4.54. The lowest BCUT2D eigenvalue weighted by molar-refractivity contribution is -0.0499. The zero-order valence-electron chi connectivity index (χ0n) is 11.8. The normalized spacial score (nSPS) is 12.9. The van der Waals surface area contributed by atoms with Crippen molar-refractivity contribution < 1.29 is 23.0 Å². The van der Waals surface area contributed by atoms with Gasteiger partial charge in [0.15, 0.2) is 0 Å². The molecular formula is C16H17F2NO3. The van der Waals surface area contributed by atoms with E-state index in [1.807, 2.05) is 18.2 Å². The number of hydrogen-bond donors (Lipinski definition) is 2. The minimum atomic E-state index is -2.88. The Morgan fingerprint density at radius 3 is 2.86 bits per heavy atom. The van der Waals surface area contributed by atoms with Gasteiger partial charge in [-0.15, -0.1) is 0 Å². The molecule has 0 aliphatic heterocycles. The standard InChI is InChI=1S/C16H17F2NO3/c17-16(18)22-14-5-1-4-12(10-14)15(20)11-19-8-2-6-13-7-3-9-21-13/h1-7,9-10,15-16,19-20H,8,11H2/b6-2+. The highest BCUT2D eigenvalue weighted by Gasteiger charge is 2.10. The number of aliphatic hydroxyl groups excluding tert-OH is 1. The third-order valence-electron chi connectivity index (χ3n) is 2.89. The van der Waals surface area contributed by atoms with E-state index in [0.717, 1.165) is 5.76 Å². The number of alkyl halides is 2. The van der Waals surface area contributed by atoms with Gasteiger partial charge in [-0.05, 0) is 35.9 Å². The van der Waals surface area contributed by atoms with Crippen molar-refractivity contribution in [2.24, 2.45) is 0 Å². The zero-order chi connectivity index (χ0) is 15.8. The highest BCUT2D eigenvalue weighted by atomic mass is 19.3. The summed E-state index contributed by atoms with van der Waals surface area (Å²) < 4.78 is 33.7. The van der Waals surface area contributed by atoms with Crippen LogP contribution in [0.25, 0.3) is 6.08 Å². The van der Waals surface area contributed by atoms with Crippen molar-refractivity contribution in [3.63, 3.8) is 0 Å². The molecule has 0 fully saturated rings. The molecule has 0 aliphatic rings. The minimum absolute atomic E-state index is 0.0317. The number of benzene rings is 1. The molecule has 1 aromatic carbocycles. The average molecular weight is 309 g/mol. The third-order valence-corrected chi connectivity index (χ3v) is 2.89. The van der Waals surface area contributed by atoms with Crippen LogP contribution in [-0.4, -0.2) is 24.8 Å². The molecular weight excluding hydrogens is 292 g/mol. The van der Waals surface area contributed by atoms with Gasteiger partial charge in [-0.1, -0.05) is 18.2 Å². The molecule has 0 saturated heterocycles. The van der Waals surface area contributed by atoms with Crippen molar-refractivity contribution in [2.75, 3.05) is 13.1 Å². The summed E-state index contributed by atoms with van der Waals surface area (Å²) in [6.45, 7) is -2.04. The van der Waals surface area contributed by atoms with Gasteiger partial charge in [-0.3, -0.25) is 0 Å². The van der Waals surface area contributed by atoms with Crippen LogP contribution in [0.15, 0.2) is 53.2 Å². The zero-order valence-corrected chi connectivity index (χ0v) is 11.8. The first-order valence-electron chi connectivity index (χ1n) is 6.79. The Morgan fingerprint density at radius 2 is 2.14 bits per heavy atom. The van der Waals surface area contributed by atoms with Crippen LogP contribution < -0.4 is 10.1 Å². The lowest BCUT2D eigenvalue weighted by Crippen LogP contribution is -2.21. The molecule has 2 aromatic rings. The Hall–Kier alpha value is -2.18. The summed E-state index contributed by atoms with van der Waals surface area (Å²) in [4.78, 5) is 0. The van der Waals surface area contributed by atoms with Crippen LogP contribution in [0.3, 0.4) is 0 Å². The third kappa shape index (κ3) is 5.31.